The fraction of sp³-hybridized carbons (Fsp3) is 0.111. The first-order valence-electron chi connectivity index (χ1n) is 7.98. The second kappa shape index (κ2) is 8.45. The number of halogens is 1. The van der Waals surface area contributed by atoms with Crippen LogP contribution in [0.2, 0.25) is 0 Å². The summed E-state index contributed by atoms with van der Waals surface area (Å²) in [5.41, 5.74) is 6.30. The molecule has 0 bridgehead atoms. The van der Waals surface area contributed by atoms with E-state index >= 15 is 0 Å². The van der Waals surface area contributed by atoms with Gasteiger partial charge in [-0.25, -0.2) is 4.39 Å². The molecular weight excluding hydrogens is 369 g/mol. The van der Waals surface area contributed by atoms with Gasteiger partial charge in [0.15, 0.2) is 5.16 Å². The molecule has 2 amide bonds. The lowest BCUT2D eigenvalue weighted by molar-refractivity contribution is -0.119. The fourth-order valence-corrected chi connectivity index (χ4v) is 2.94. The third-order valence-corrected chi connectivity index (χ3v) is 4.54. The van der Waals surface area contributed by atoms with E-state index in [4.69, 9.17) is 0 Å². The number of nitrogens with one attached hydrogen (secondary N) is 2. The molecular formula is C18H16FN5O2S. The van der Waals surface area contributed by atoms with Crippen LogP contribution < -0.4 is 10.9 Å². The van der Waals surface area contributed by atoms with Crippen molar-refractivity contribution in [2.75, 3.05) is 5.75 Å². The van der Waals surface area contributed by atoms with Crippen LogP contribution in [0, 0.1) is 12.7 Å². The van der Waals surface area contributed by atoms with E-state index in [1.165, 1.54) is 24.3 Å². The van der Waals surface area contributed by atoms with Crippen molar-refractivity contribution < 1.29 is 14.0 Å². The van der Waals surface area contributed by atoms with Gasteiger partial charge >= 0.3 is 0 Å². The lowest BCUT2D eigenvalue weighted by Crippen LogP contribution is -2.42. The maximum absolute atomic E-state index is 13.5. The van der Waals surface area contributed by atoms with Gasteiger partial charge in [0, 0.05) is 5.69 Å². The lowest BCUT2D eigenvalue weighted by atomic mass is 10.2. The predicted octanol–water partition coefficient (Wildman–Crippen LogP) is 2.27. The molecule has 0 spiro atoms. The van der Waals surface area contributed by atoms with Gasteiger partial charge in [0.25, 0.3) is 5.91 Å². The molecule has 9 heteroatoms. The summed E-state index contributed by atoms with van der Waals surface area (Å²) in [6.45, 7) is 1.99. The fourth-order valence-electron chi connectivity index (χ4n) is 2.21. The molecule has 0 saturated heterocycles. The molecule has 0 atom stereocenters. The normalized spacial score (nSPS) is 10.4. The highest BCUT2D eigenvalue weighted by Crippen LogP contribution is 2.19. The summed E-state index contributed by atoms with van der Waals surface area (Å²) in [5.74, 6) is -1.84. The topological polar surface area (TPSA) is 88.9 Å². The maximum atomic E-state index is 13.5. The molecule has 3 aromatic rings. The van der Waals surface area contributed by atoms with Gasteiger partial charge in [-0.3, -0.25) is 25.0 Å². The van der Waals surface area contributed by atoms with Crippen molar-refractivity contribution in [3.8, 4) is 5.69 Å². The average Bonchev–Trinajstić information content (AvgIpc) is 3.14. The predicted molar refractivity (Wildman–Crippen MR) is 98.8 cm³/mol. The van der Waals surface area contributed by atoms with Crippen molar-refractivity contribution in [2.45, 2.75) is 12.1 Å². The number of amides is 2. The first-order chi connectivity index (χ1) is 13.0. The van der Waals surface area contributed by atoms with Crippen molar-refractivity contribution >= 4 is 23.6 Å². The van der Waals surface area contributed by atoms with E-state index in [1.807, 2.05) is 31.2 Å². The second-order valence-electron chi connectivity index (χ2n) is 5.59. The molecule has 3 rings (SSSR count). The molecule has 1 heterocycles. The Bertz CT molecular complexity index is 958. The molecule has 2 aromatic carbocycles. The molecule has 27 heavy (non-hydrogen) atoms. The Kier molecular flexibility index (Phi) is 5.82. The largest absolute Gasteiger partial charge is 0.277 e. The van der Waals surface area contributed by atoms with E-state index in [9.17, 15) is 14.0 Å². The van der Waals surface area contributed by atoms with Crippen LogP contribution in [-0.2, 0) is 4.79 Å². The van der Waals surface area contributed by atoms with Gasteiger partial charge in [-0.1, -0.05) is 41.6 Å². The Morgan fingerprint density at radius 2 is 1.85 bits per heavy atom. The SMILES string of the molecule is Cc1ccc(-n2cnnc2SCC(=O)NNC(=O)c2ccccc2F)cc1. The van der Waals surface area contributed by atoms with E-state index in [0.717, 1.165) is 23.0 Å². The summed E-state index contributed by atoms with van der Waals surface area (Å²) in [5, 5.41) is 8.41. The quantitative estimate of drug-likeness (QED) is 0.520. The molecule has 0 unspecified atom stereocenters. The van der Waals surface area contributed by atoms with E-state index < -0.39 is 17.6 Å². The van der Waals surface area contributed by atoms with Crippen molar-refractivity contribution in [1.82, 2.24) is 25.6 Å². The molecule has 0 saturated carbocycles. The van der Waals surface area contributed by atoms with Crippen LogP contribution in [0.1, 0.15) is 15.9 Å². The Morgan fingerprint density at radius 1 is 1.11 bits per heavy atom. The highest BCUT2D eigenvalue weighted by molar-refractivity contribution is 7.99. The summed E-state index contributed by atoms with van der Waals surface area (Å²) in [6.07, 6.45) is 1.56. The van der Waals surface area contributed by atoms with Gasteiger partial charge < -0.3 is 0 Å². The third-order valence-electron chi connectivity index (χ3n) is 3.59. The molecule has 0 aliphatic rings. The summed E-state index contributed by atoms with van der Waals surface area (Å²) in [7, 11) is 0. The first-order valence-corrected chi connectivity index (χ1v) is 8.97. The highest BCUT2D eigenvalue weighted by atomic mass is 32.2. The summed E-state index contributed by atoms with van der Waals surface area (Å²) >= 11 is 1.16. The number of carbonyl (C=O) groups is 2. The Hall–Kier alpha value is -3.20. The van der Waals surface area contributed by atoms with Crippen LogP contribution in [0.5, 0.6) is 0 Å². The van der Waals surface area contributed by atoms with Gasteiger partial charge in [0.05, 0.1) is 11.3 Å². The maximum Gasteiger partial charge on any atom is 0.272 e. The smallest absolute Gasteiger partial charge is 0.272 e. The van der Waals surface area contributed by atoms with E-state index in [2.05, 4.69) is 21.0 Å². The molecule has 0 aliphatic heterocycles. The first kappa shape index (κ1) is 18.6. The Morgan fingerprint density at radius 3 is 2.59 bits per heavy atom. The van der Waals surface area contributed by atoms with E-state index in [-0.39, 0.29) is 11.3 Å². The van der Waals surface area contributed by atoms with Crippen molar-refractivity contribution in [1.29, 1.82) is 0 Å². The Labute approximate surface area is 159 Å². The third kappa shape index (κ3) is 4.70. The highest BCUT2D eigenvalue weighted by Gasteiger charge is 2.13. The lowest BCUT2D eigenvalue weighted by Gasteiger charge is -2.08. The average molecular weight is 385 g/mol. The molecule has 1 aromatic heterocycles. The zero-order valence-corrected chi connectivity index (χ0v) is 15.2. The number of aryl methyl sites for hydroxylation is 1. The summed E-state index contributed by atoms with van der Waals surface area (Å²) in [4.78, 5) is 23.8. The van der Waals surface area contributed by atoms with Crippen LogP contribution in [0.3, 0.4) is 0 Å². The number of benzene rings is 2. The van der Waals surface area contributed by atoms with Crippen LogP contribution >= 0.6 is 11.8 Å². The van der Waals surface area contributed by atoms with E-state index in [1.54, 1.807) is 10.9 Å². The number of rotatable bonds is 5. The van der Waals surface area contributed by atoms with Crippen LogP contribution in [0.25, 0.3) is 5.69 Å². The molecule has 7 nitrogen and oxygen atoms in total. The summed E-state index contributed by atoms with van der Waals surface area (Å²) in [6, 6.07) is 13.3. The van der Waals surface area contributed by atoms with Crippen LogP contribution in [0.4, 0.5) is 4.39 Å². The Balaban J connectivity index is 1.54. The van der Waals surface area contributed by atoms with Crippen LogP contribution in [-0.4, -0.2) is 32.3 Å². The standard InChI is InChI=1S/C18H16FN5O2S/c1-12-6-8-13(9-7-12)24-11-20-23-18(24)27-10-16(25)21-22-17(26)14-4-2-3-5-15(14)19/h2-9,11H,10H2,1H3,(H,21,25)(H,22,26). The number of hydrogen-bond donors (Lipinski definition) is 2. The number of hydrazine groups is 1. The number of carbonyl (C=O) groups excluding carboxylic acids is 2. The van der Waals surface area contributed by atoms with Gasteiger partial charge in [0.1, 0.15) is 12.1 Å². The molecule has 138 valence electrons. The molecule has 0 fully saturated rings. The van der Waals surface area contributed by atoms with Gasteiger partial charge in [-0.2, -0.15) is 0 Å². The second-order valence-corrected chi connectivity index (χ2v) is 6.53. The number of hydrogen-bond acceptors (Lipinski definition) is 5. The minimum Gasteiger partial charge on any atom is -0.277 e. The minimum atomic E-state index is -0.728. The molecule has 2 N–H and O–H groups in total. The van der Waals surface area contributed by atoms with Crippen molar-refractivity contribution in [3.63, 3.8) is 0 Å². The van der Waals surface area contributed by atoms with Crippen molar-refractivity contribution in [2.24, 2.45) is 0 Å². The zero-order valence-electron chi connectivity index (χ0n) is 14.3. The minimum absolute atomic E-state index is 0.00209. The zero-order chi connectivity index (χ0) is 19.2. The van der Waals surface area contributed by atoms with Gasteiger partial charge in [-0.05, 0) is 31.2 Å². The van der Waals surface area contributed by atoms with Gasteiger partial charge in [-0.15, -0.1) is 10.2 Å². The van der Waals surface area contributed by atoms with Crippen molar-refractivity contribution in [3.05, 3.63) is 71.8 Å². The number of aromatic nitrogens is 3. The number of nitrogens with zero attached hydrogens (tertiary/aromatic N) is 3. The monoisotopic (exact) mass is 385 g/mol. The molecule has 0 radical (unpaired) electrons. The summed E-state index contributed by atoms with van der Waals surface area (Å²) < 4.78 is 15.3. The molecule has 0 aliphatic carbocycles. The van der Waals surface area contributed by atoms with Gasteiger partial charge in [0.2, 0.25) is 5.91 Å². The van der Waals surface area contributed by atoms with E-state index in [0.29, 0.717) is 5.16 Å². The number of thioether (sulfide) groups is 1. The van der Waals surface area contributed by atoms with Crippen LogP contribution in [0.15, 0.2) is 60.0 Å².